The molecule has 2 unspecified atom stereocenters. The molecule has 1 saturated heterocycles. The molecule has 3 N–H and O–H groups in total. The van der Waals surface area contributed by atoms with E-state index in [0.717, 1.165) is 16.8 Å². The lowest BCUT2D eigenvalue weighted by molar-refractivity contribution is -0.141. The van der Waals surface area contributed by atoms with Gasteiger partial charge in [-0.15, -0.1) is 0 Å². The van der Waals surface area contributed by atoms with Crippen molar-refractivity contribution in [2.24, 2.45) is 5.92 Å². The second-order valence-corrected chi connectivity index (χ2v) is 11.3. The van der Waals surface area contributed by atoms with Crippen molar-refractivity contribution in [1.29, 1.82) is 0 Å². The number of nitrogens with zero attached hydrogens (tertiary/aromatic N) is 2. The Balaban J connectivity index is 1.20. The number of carbonyl (C=O) groups is 4. The van der Waals surface area contributed by atoms with Crippen LogP contribution in [0.5, 0.6) is 5.75 Å². The van der Waals surface area contributed by atoms with Gasteiger partial charge in [-0.2, -0.15) is 0 Å². The zero-order valence-electron chi connectivity index (χ0n) is 25.9. The van der Waals surface area contributed by atoms with Crippen molar-refractivity contribution in [3.8, 4) is 5.75 Å². The summed E-state index contributed by atoms with van der Waals surface area (Å²) in [5.41, 5.74) is 4.78. The van der Waals surface area contributed by atoms with Gasteiger partial charge in [-0.05, 0) is 66.1 Å². The van der Waals surface area contributed by atoms with Crippen LogP contribution in [0, 0.1) is 12.8 Å². The van der Waals surface area contributed by atoms with Crippen molar-refractivity contribution in [3.05, 3.63) is 119 Å². The van der Waals surface area contributed by atoms with Gasteiger partial charge in [-0.25, -0.2) is 4.79 Å². The summed E-state index contributed by atoms with van der Waals surface area (Å²) >= 11 is 0. The van der Waals surface area contributed by atoms with Crippen LogP contribution >= 0.6 is 0 Å². The highest BCUT2D eigenvalue weighted by molar-refractivity contribution is 6.02. The third kappa shape index (κ3) is 7.18. The second-order valence-electron chi connectivity index (χ2n) is 11.3. The molecule has 1 fully saturated rings. The number of para-hydroxylation sites is 1. The molecule has 5 rings (SSSR count). The van der Waals surface area contributed by atoms with E-state index in [1.165, 1.54) is 12.0 Å². The Hall–Kier alpha value is -5.64. The first-order valence-electron chi connectivity index (χ1n) is 14.9. The SMILES string of the molecule is COc1cc(CC(=O)Nc2ccc(C3CN(C(=O)c4ccccc4)CC3C(=O)O)cc2)ccc1NC(=O)N(C)c1ccccc1C. The van der Waals surface area contributed by atoms with Gasteiger partial charge in [0.05, 0.1) is 25.1 Å². The minimum Gasteiger partial charge on any atom is -0.495 e. The quantitative estimate of drug-likeness (QED) is 0.217. The van der Waals surface area contributed by atoms with E-state index >= 15 is 0 Å². The number of urea groups is 1. The predicted molar refractivity (Wildman–Crippen MR) is 177 cm³/mol. The molecule has 0 aliphatic carbocycles. The maximum atomic E-state index is 13.0. The number of aryl methyl sites for hydroxylation is 1. The van der Waals surface area contributed by atoms with Gasteiger partial charge in [0.25, 0.3) is 5.91 Å². The van der Waals surface area contributed by atoms with Crippen molar-refractivity contribution in [2.75, 3.05) is 42.8 Å². The Morgan fingerprint density at radius 3 is 2.26 bits per heavy atom. The summed E-state index contributed by atoms with van der Waals surface area (Å²) in [6.07, 6.45) is 0.0652. The maximum Gasteiger partial charge on any atom is 0.326 e. The van der Waals surface area contributed by atoms with Gasteiger partial charge in [0.2, 0.25) is 5.91 Å². The van der Waals surface area contributed by atoms with Crippen LogP contribution in [0.4, 0.5) is 21.9 Å². The monoisotopic (exact) mass is 620 g/mol. The molecule has 4 aromatic rings. The first kappa shape index (κ1) is 31.8. The van der Waals surface area contributed by atoms with Crippen molar-refractivity contribution in [2.45, 2.75) is 19.3 Å². The molecular weight excluding hydrogens is 584 g/mol. The van der Waals surface area contributed by atoms with Crippen molar-refractivity contribution < 1.29 is 29.0 Å². The lowest BCUT2D eigenvalue weighted by atomic mass is 9.89. The molecule has 0 spiro atoms. The number of aliphatic carboxylic acids is 1. The molecule has 10 nitrogen and oxygen atoms in total. The van der Waals surface area contributed by atoms with E-state index in [1.807, 2.05) is 37.3 Å². The van der Waals surface area contributed by atoms with Gasteiger partial charge >= 0.3 is 12.0 Å². The molecule has 4 aromatic carbocycles. The number of hydrogen-bond donors (Lipinski definition) is 3. The molecule has 1 aliphatic rings. The Morgan fingerprint density at radius 1 is 0.891 bits per heavy atom. The van der Waals surface area contributed by atoms with Gasteiger partial charge < -0.3 is 25.4 Å². The number of hydrogen-bond acceptors (Lipinski definition) is 5. The first-order valence-corrected chi connectivity index (χ1v) is 14.9. The molecule has 0 radical (unpaired) electrons. The van der Waals surface area contributed by atoms with E-state index in [1.54, 1.807) is 78.7 Å². The van der Waals surface area contributed by atoms with Crippen LogP contribution in [-0.2, 0) is 16.0 Å². The van der Waals surface area contributed by atoms with E-state index < -0.39 is 11.9 Å². The maximum absolute atomic E-state index is 13.0. The molecule has 10 heteroatoms. The standard InChI is InChI=1S/C36H36N4O6/c1-23-9-7-8-12-31(23)39(2)36(45)38-30-18-13-24(19-32(30)46-3)20-33(41)37-27-16-14-25(15-17-27)28-21-40(22-29(28)35(43)44)34(42)26-10-5-4-6-11-26/h4-19,28-29H,20-22H2,1-3H3,(H,37,41)(H,38,45)(H,43,44). The van der Waals surface area contributed by atoms with Crippen molar-refractivity contribution in [3.63, 3.8) is 0 Å². The molecule has 1 aliphatic heterocycles. The summed E-state index contributed by atoms with van der Waals surface area (Å²) in [5, 5.41) is 15.6. The number of anilines is 3. The van der Waals surface area contributed by atoms with E-state index in [0.29, 0.717) is 28.3 Å². The van der Waals surface area contributed by atoms with Crippen LogP contribution in [0.25, 0.3) is 0 Å². The topological polar surface area (TPSA) is 128 Å². The zero-order valence-corrected chi connectivity index (χ0v) is 25.9. The van der Waals surface area contributed by atoms with Crippen LogP contribution in [-0.4, -0.2) is 61.1 Å². The fourth-order valence-electron chi connectivity index (χ4n) is 5.72. The Morgan fingerprint density at radius 2 is 1.59 bits per heavy atom. The lowest BCUT2D eigenvalue weighted by Crippen LogP contribution is -2.31. The highest BCUT2D eigenvalue weighted by Crippen LogP contribution is 2.34. The third-order valence-corrected chi connectivity index (χ3v) is 8.22. The van der Waals surface area contributed by atoms with E-state index in [9.17, 15) is 24.3 Å². The number of amides is 4. The van der Waals surface area contributed by atoms with Gasteiger partial charge in [0, 0.05) is 43.0 Å². The Labute approximate surface area is 267 Å². The molecule has 0 aromatic heterocycles. The first-order chi connectivity index (χ1) is 22.1. The summed E-state index contributed by atoms with van der Waals surface area (Å²) in [6.45, 7) is 2.35. The largest absolute Gasteiger partial charge is 0.495 e. The average molecular weight is 621 g/mol. The Kier molecular flexibility index (Phi) is 9.66. The summed E-state index contributed by atoms with van der Waals surface area (Å²) < 4.78 is 5.50. The summed E-state index contributed by atoms with van der Waals surface area (Å²) in [7, 11) is 3.19. The van der Waals surface area contributed by atoms with Gasteiger partial charge in [0.15, 0.2) is 0 Å². The number of carbonyl (C=O) groups excluding carboxylic acids is 3. The molecule has 236 valence electrons. The van der Waals surface area contributed by atoms with Gasteiger partial charge in [-0.3, -0.25) is 19.3 Å². The molecule has 0 bridgehead atoms. The number of carboxylic acid groups (broad SMARTS) is 1. The number of likely N-dealkylation sites (tertiary alicyclic amines) is 1. The van der Waals surface area contributed by atoms with Gasteiger partial charge in [-0.1, -0.05) is 54.6 Å². The number of rotatable bonds is 9. The zero-order chi connectivity index (χ0) is 32.8. The number of methoxy groups -OCH3 is 1. The summed E-state index contributed by atoms with van der Waals surface area (Å²) in [4.78, 5) is 54.0. The number of benzene rings is 4. The fourth-order valence-corrected chi connectivity index (χ4v) is 5.72. The fraction of sp³-hybridized carbons (Fsp3) is 0.222. The van der Waals surface area contributed by atoms with Crippen molar-refractivity contribution in [1.82, 2.24) is 4.90 Å². The van der Waals surface area contributed by atoms with Crippen LogP contribution < -0.4 is 20.3 Å². The number of ether oxygens (including phenoxy) is 1. The minimum absolute atomic E-state index is 0.0652. The number of nitrogens with one attached hydrogen (secondary N) is 2. The lowest BCUT2D eigenvalue weighted by Gasteiger charge is -2.21. The molecule has 4 amide bonds. The van der Waals surface area contributed by atoms with Crippen LogP contribution in [0.1, 0.15) is 33.0 Å². The second kappa shape index (κ2) is 14.0. The molecule has 46 heavy (non-hydrogen) atoms. The smallest absolute Gasteiger partial charge is 0.326 e. The van der Waals surface area contributed by atoms with Crippen LogP contribution in [0.2, 0.25) is 0 Å². The Bertz CT molecular complexity index is 1740. The average Bonchev–Trinajstić information content (AvgIpc) is 3.52. The van der Waals surface area contributed by atoms with Crippen molar-refractivity contribution >= 4 is 40.9 Å². The summed E-state index contributed by atoms with van der Waals surface area (Å²) in [5.74, 6) is -2.10. The van der Waals surface area contributed by atoms with Crippen LogP contribution in [0.3, 0.4) is 0 Å². The predicted octanol–water partition coefficient (Wildman–Crippen LogP) is 5.79. The molecule has 1 heterocycles. The van der Waals surface area contributed by atoms with Crippen LogP contribution in [0.15, 0.2) is 97.1 Å². The normalized spacial score (nSPS) is 15.6. The highest BCUT2D eigenvalue weighted by Gasteiger charge is 2.40. The summed E-state index contributed by atoms with van der Waals surface area (Å²) in [6, 6.07) is 28.3. The van der Waals surface area contributed by atoms with Gasteiger partial charge in [0.1, 0.15) is 5.75 Å². The van der Waals surface area contributed by atoms with E-state index in [-0.39, 0.29) is 43.3 Å². The van der Waals surface area contributed by atoms with E-state index in [2.05, 4.69) is 10.6 Å². The van der Waals surface area contributed by atoms with E-state index in [4.69, 9.17) is 4.74 Å². The highest BCUT2D eigenvalue weighted by atomic mass is 16.5. The molecule has 0 saturated carbocycles. The molecular formula is C36H36N4O6. The third-order valence-electron chi connectivity index (χ3n) is 8.22. The minimum atomic E-state index is -0.954. The number of carboxylic acids is 1. The molecule has 2 atom stereocenters.